The van der Waals surface area contributed by atoms with Gasteiger partial charge in [0.2, 0.25) is 10.0 Å². The molecule has 138 valence electrons. The molecule has 2 aromatic heterocycles. The van der Waals surface area contributed by atoms with Gasteiger partial charge in [-0.2, -0.15) is 0 Å². The molecule has 8 heteroatoms. The number of carbonyl (C=O) groups is 1. The Morgan fingerprint density at radius 2 is 1.96 bits per heavy atom. The Morgan fingerprint density at radius 3 is 2.56 bits per heavy atom. The van der Waals surface area contributed by atoms with Crippen molar-refractivity contribution >= 4 is 27.9 Å². The zero-order valence-corrected chi connectivity index (χ0v) is 15.5. The van der Waals surface area contributed by atoms with E-state index in [4.69, 9.17) is 11.6 Å². The lowest BCUT2D eigenvalue weighted by molar-refractivity contribution is 0.112. The van der Waals surface area contributed by atoms with Crippen molar-refractivity contribution in [2.45, 2.75) is 5.25 Å². The van der Waals surface area contributed by atoms with Gasteiger partial charge in [-0.05, 0) is 29.8 Å². The summed E-state index contributed by atoms with van der Waals surface area (Å²) < 4.78 is 41.7. The van der Waals surface area contributed by atoms with Crippen molar-refractivity contribution in [3.8, 4) is 11.3 Å². The number of rotatable bonds is 6. The minimum atomic E-state index is -4.11. The van der Waals surface area contributed by atoms with Crippen molar-refractivity contribution in [3.05, 3.63) is 89.6 Å². The van der Waals surface area contributed by atoms with Crippen LogP contribution >= 0.6 is 11.6 Å². The highest BCUT2D eigenvalue weighted by atomic mass is 35.5. The number of hydrogen-bond donors (Lipinski definition) is 0. The smallest absolute Gasteiger partial charge is 0.249 e. The van der Waals surface area contributed by atoms with Gasteiger partial charge in [-0.15, -0.1) is 6.58 Å². The zero-order valence-electron chi connectivity index (χ0n) is 13.9. The van der Waals surface area contributed by atoms with Crippen LogP contribution < -0.4 is 0 Å². The third-order valence-electron chi connectivity index (χ3n) is 3.98. The first-order chi connectivity index (χ1) is 12.9. The Morgan fingerprint density at radius 1 is 1.22 bits per heavy atom. The lowest BCUT2D eigenvalue weighted by Crippen LogP contribution is -2.20. The fourth-order valence-electron chi connectivity index (χ4n) is 2.71. The van der Waals surface area contributed by atoms with E-state index < -0.39 is 21.1 Å². The van der Waals surface area contributed by atoms with E-state index in [0.717, 1.165) is 10.2 Å². The van der Waals surface area contributed by atoms with Gasteiger partial charge in [0.15, 0.2) is 6.29 Å². The maximum absolute atomic E-state index is 14.3. The van der Waals surface area contributed by atoms with E-state index in [2.05, 4.69) is 11.6 Å². The first-order valence-corrected chi connectivity index (χ1v) is 9.67. The molecule has 5 nitrogen and oxygen atoms in total. The molecule has 27 heavy (non-hydrogen) atoms. The third kappa shape index (κ3) is 3.56. The van der Waals surface area contributed by atoms with Crippen LogP contribution in [0, 0.1) is 5.82 Å². The van der Waals surface area contributed by atoms with E-state index in [9.17, 15) is 17.6 Å². The van der Waals surface area contributed by atoms with Crippen LogP contribution in [0.2, 0.25) is 5.15 Å². The molecule has 0 aliphatic heterocycles. The van der Waals surface area contributed by atoms with E-state index in [-0.39, 0.29) is 22.0 Å². The normalized spacial score (nSPS) is 12.5. The molecule has 0 amide bonds. The topological polar surface area (TPSA) is 69.0 Å². The van der Waals surface area contributed by atoms with Crippen LogP contribution in [0.15, 0.2) is 67.5 Å². The van der Waals surface area contributed by atoms with Crippen LogP contribution in [-0.4, -0.2) is 23.7 Å². The first-order valence-electron chi connectivity index (χ1n) is 7.79. The summed E-state index contributed by atoms with van der Waals surface area (Å²) >= 11 is 5.76. The maximum Gasteiger partial charge on any atom is 0.249 e. The number of carbonyl (C=O) groups excluding carboxylic acids is 1. The van der Waals surface area contributed by atoms with Gasteiger partial charge in [-0.3, -0.25) is 4.79 Å². The van der Waals surface area contributed by atoms with Crippen molar-refractivity contribution in [3.63, 3.8) is 0 Å². The molecule has 3 rings (SSSR count). The van der Waals surface area contributed by atoms with Gasteiger partial charge in [0.1, 0.15) is 16.2 Å². The molecule has 0 N–H and O–H groups in total. The van der Waals surface area contributed by atoms with E-state index in [1.165, 1.54) is 48.7 Å². The third-order valence-corrected chi connectivity index (χ3v) is 6.16. The summed E-state index contributed by atoms with van der Waals surface area (Å²) in [4.78, 5) is 15.1. The fourth-order valence-corrected chi connectivity index (χ4v) is 4.49. The number of pyridine rings is 1. The molecule has 1 unspecified atom stereocenters. The molecule has 0 spiro atoms. The minimum absolute atomic E-state index is 0.0453. The highest BCUT2D eigenvalue weighted by molar-refractivity contribution is 7.90. The Labute approximate surface area is 160 Å². The molecule has 0 bridgehead atoms. The van der Waals surface area contributed by atoms with Gasteiger partial charge < -0.3 is 0 Å². The van der Waals surface area contributed by atoms with Gasteiger partial charge in [0, 0.05) is 23.5 Å². The van der Waals surface area contributed by atoms with Crippen molar-refractivity contribution in [2.75, 3.05) is 0 Å². The van der Waals surface area contributed by atoms with Gasteiger partial charge in [-0.25, -0.2) is 21.8 Å². The minimum Gasteiger partial charge on any atom is -0.298 e. The van der Waals surface area contributed by atoms with E-state index in [1.807, 2.05) is 0 Å². The molecule has 0 aliphatic rings. The van der Waals surface area contributed by atoms with Crippen LogP contribution in [0.3, 0.4) is 0 Å². The summed E-state index contributed by atoms with van der Waals surface area (Å²) in [5.74, 6) is -0.604. The zero-order chi connectivity index (χ0) is 19.6. The van der Waals surface area contributed by atoms with Gasteiger partial charge in [0.05, 0.1) is 5.69 Å². The van der Waals surface area contributed by atoms with Crippen LogP contribution in [0.5, 0.6) is 0 Å². The van der Waals surface area contributed by atoms with Crippen LogP contribution in [0.25, 0.3) is 11.3 Å². The second kappa shape index (κ2) is 7.46. The summed E-state index contributed by atoms with van der Waals surface area (Å²) in [7, 11) is -4.11. The molecule has 2 heterocycles. The largest absolute Gasteiger partial charge is 0.298 e. The summed E-state index contributed by atoms with van der Waals surface area (Å²) in [5.41, 5.74) is 0.555. The van der Waals surface area contributed by atoms with E-state index >= 15 is 0 Å². The quantitative estimate of drug-likeness (QED) is 0.349. The van der Waals surface area contributed by atoms with E-state index in [1.54, 1.807) is 6.07 Å². The van der Waals surface area contributed by atoms with Crippen LogP contribution in [0.1, 0.15) is 21.2 Å². The lowest BCUT2D eigenvalue weighted by Gasteiger charge is -2.17. The van der Waals surface area contributed by atoms with Crippen molar-refractivity contribution < 1.29 is 17.6 Å². The summed E-state index contributed by atoms with van der Waals surface area (Å²) in [5, 5.41) is -0.949. The molecule has 1 aromatic carbocycles. The van der Waals surface area contributed by atoms with Crippen molar-refractivity contribution in [1.82, 2.24) is 8.96 Å². The Kier molecular flexibility index (Phi) is 5.25. The average molecular weight is 405 g/mol. The second-order valence-corrected chi connectivity index (χ2v) is 7.99. The molecule has 1 atom stereocenters. The Balaban J connectivity index is 2.21. The number of aldehydes is 1. The molecular formula is C19H14ClFN2O3S. The van der Waals surface area contributed by atoms with Crippen LogP contribution in [-0.2, 0) is 10.0 Å². The second-order valence-electron chi connectivity index (χ2n) is 5.67. The fraction of sp³-hybridized carbons (Fsp3) is 0.0526. The summed E-state index contributed by atoms with van der Waals surface area (Å²) in [6.07, 6.45) is 4.23. The highest BCUT2D eigenvalue weighted by Crippen LogP contribution is 2.32. The predicted molar refractivity (Wildman–Crippen MR) is 102 cm³/mol. The van der Waals surface area contributed by atoms with E-state index in [0.29, 0.717) is 11.8 Å². The molecule has 0 fully saturated rings. The van der Waals surface area contributed by atoms with Gasteiger partial charge >= 0.3 is 0 Å². The number of aromatic nitrogens is 2. The SMILES string of the molecule is C=CC(c1ccc(Cl)nc1)S(=O)(=O)n1cc(C=O)cc1-c1ccccc1F. The number of hydrogen-bond acceptors (Lipinski definition) is 4. The number of halogens is 2. The van der Waals surface area contributed by atoms with Gasteiger partial charge in [0.25, 0.3) is 0 Å². The first kappa shape index (κ1) is 19.0. The monoisotopic (exact) mass is 404 g/mol. The summed E-state index contributed by atoms with van der Waals surface area (Å²) in [6.45, 7) is 3.60. The Bertz CT molecular complexity index is 1110. The standard InChI is InChI=1S/C19H14ClFN2O3S/c1-2-18(14-7-8-19(20)22-10-14)27(25,26)23-11-13(12-24)9-17(23)15-5-3-4-6-16(15)21/h2-12,18H,1H2. The molecule has 0 saturated carbocycles. The van der Waals surface area contributed by atoms with Crippen LogP contribution in [0.4, 0.5) is 4.39 Å². The maximum atomic E-state index is 14.3. The van der Waals surface area contributed by atoms with Crippen molar-refractivity contribution in [2.24, 2.45) is 0 Å². The predicted octanol–water partition coefficient (Wildman–Crippen LogP) is 4.26. The van der Waals surface area contributed by atoms with Crippen molar-refractivity contribution in [1.29, 1.82) is 0 Å². The van der Waals surface area contributed by atoms with Gasteiger partial charge in [-0.1, -0.05) is 35.9 Å². The average Bonchev–Trinajstić information content (AvgIpc) is 3.09. The number of nitrogens with zero attached hydrogens (tertiary/aromatic N) is 2. The molecule has 0 aliphatic carbocycles. The number of benzene rings is 1. The molecule has 0 radical (unpaired) electrons. The summed E-state index contributed by atoms with van der Waals surface area (Å²) in [6, 6.07) is 10.0. The molecule has 3 aromatic rings. The lowest BCUT2D eigenvalue weighted by atomic mass is 10.1. The molecular weight excluding hydrogens is 391 g/mol. The highest BCUT2D eigenvalue weighted by Gasteiger charge is 2.29. The molecule has 0 saturated heterocycles. The Hall–Kier alpha value is -2.77.